The lowest BCUT2D eigenvalue weighted by Gasteiger charge is -2.22. The molecular formula is C13H16N2O3. The zero-order valence-corrected chi connectivity index (χ0v) is 10.4. The molecule has 1 aromatic carbocycles. The van der Waals surface area contributed by atoms with Gasteiger partial charge in [-0.25, -0.2) is 0 Å². The number of nitrogens with two attached hydrogens (primary N) is 1. The van der Waals surface area contributed by atoms with E-state index in [4.69, 9.17) is 15.3 Å². The van der Waals surface area contributed by atoms with Gasteiger partial charge >= 0.3 is 0 Å². The van der Waals surface area contributed by atoms with Crippen molar-refractivity contribution in [1.82, 2.24) is 5.32 Å². The minimum atomic E-state index is -0.685. The van der Waals surface area contributed by atoms with E-state index in [9.17, 15) is 4.79 Å². The number of furan rings is 1. The van der Waals surface area contributed by atoms with Gasteiger partial charge in [-0.2, -0.15) is 0 Å². The fourth-order valence-electron chi connectivity index (χ4n) is 1.58. The maximum atomic E-state index is 11.9. The smallest absolute Gasteiger partial charge is 0.287 e. The molecule has 4 N–H and O–H groups in total. The Bertz CT molecular complexity index is 587. The number of aliphatic hydroxyl groups is 1. The van der Waals surface area contributed by atoms with Gasteiger partial charge in [-0.3, -0.25) is 4.79 Å². The summed E-state index contributed by atoms with van der Waals surface area (Å²) in [4.78, 5) is 11.9. The van der Waals surface area contributed by atoms with Crippen LogP contribution in [0.3, 0.4) is 0 Å². The van der Waals surface area contributed by atoms with Gasteiger partial charge in [-0.05, 0) is 38.1 Å². The summed E-state index contributed by atoms with van der Waals surface area (Å²) in [6.07, 6.45) is 0. The summed E-state index contributed by atoms with van der Waals surface area (Å²) in [5.74, 6) is -0.152. The first kappa shape index (κ1) is 12.4. The second kappa shape index (κ2) is 4.34. The van der Waals surface area contributed by atoms with Gasteiger partial charge in [0, 0.05) is 11.1 Å². The zero-order valence-electron chi connectivity index (χ0n) is 10.4. The number of nitrogens with one attached hydrogen (secondary N) is 1. The molecule has 5 heteroatoms. The molecule has 0 aliphatic carbocycles. The van der Waals surface area contributed by atoms with E-state index < -0.39 is 5.54 Å². The van der Waals surface area contributed by atoms with Crippen LogP contribution in [-0.4, -0.2) is 23.2 Å². The van der Waals surface area contributed by atoms with Gasteiger partial charge in [-0.1, -0.05) is 0 Å². The van der Waals surface area contributed by atoms with Crippen LogP contribution in [0.15, 0.2) is 28.7 Å². The summed E-state index contributed by atoms with van der Waals surface area (Å²) in [5.41, 5.74) is 6.20. The van der Waals surface area contributed by atoms with Crippen molar-refractivity contribution < 1.29 is 14.3 Å². The Morgan fingerprint density at radius 1 is 1.44 bits per heavy atom. The van der Waals surface area contributed by atoms with E-state index in [-0.39, 0.29) is 18.3 Å². The Morgan fingerprint density at radius 3 is 2.83 bits per heavy atom. The first-order valence-electron chi connectivity index (χ1n) is 5.64. The number of nitrogen functional groups attached to an aromatic ring is 1. The van der Waals surface area contributed by atoms with Crippen molar-refractivity contribution in [3.63, 3.8) is 0 Å². The first-order valence-corrected chi connectivity index (χ1v) is 5.64. The number of hydrogen-bond donors (Lipinski definition) is 3. The molecule has 0 radical (unpaired) electrons. The van der Waals surface area contributed by atoms with Crippen molar-refractivity contribution >= 4 is 22.6 Å². The second-order valence-corrected chi connectivity index (χ2v) is 4.90. The summed E-state index contributed by atoms with van der Waals surface area (Å²) in [7, 11) is 0. The van der Waals surface area contributed by atoms with E-state index in [2.05, 4.69) is 5.32 Å². The Morgan fingerprint density at radius 2 is 2.17 bits per heavy atom. The van der Waals surface area contributed by atoms with E-state index in [1.807, 2.05) is 0 Å². The van der Waals surface area contributed by atoms with E-state index in [0.717, 1.165) is 5.39 Å². The Balaban J connectivity index is 2.28. The average Bonchev–Trinajstić information content (AvgIpc) is 2.71. The fraction of sp³-hybridized carbons (Fsp3) is 0.308. The summed E-state index contributed by atoms with van der Waals surface area (Å²) < 4.78 is 5.43. The molecule has 2 rings (SSSR count). The van der Waals surface area contributed by atoms with Crippen LogP contribution in [0.1, 0.15) is 24.4 Å². The maximum absolute atomic E-state index is 11.9. The lowest BCUT2D eigenvalue weighted by molar-refractivity contribution is 0.0843. The number of anilines is 1. The van der Waals surface area contributed by atoms with Crippen LogP contribution in [0.5, 0.6) is 0 Å². The summed E-state index contributed by atoms with van der Waals surface area (Å²) in [5, 5.41) is 12.6. The predicted octanol–water partition coefficient (Wildman–Crippen LogP) is 1.52. The molecule has 0 aliphatic heterocycles. The fourth-order valence-corrected chi connectivity index (χ4v) is 1.58. The Hall–Kier alpha value is -2.01. The molecule has 2 aromatic rings. The maximum Gasteiger partial charge on any atom is 0.287 e. The third-order valence-corrected chi connectivity index (χ3v) is 2.61. The van der Waals surface area contributed by atoms with Crippen molar-refractivity contribution in [2.75, 3.05) is 12.3 Å². The Labute approximate surface area is 105 Å². The van der Waals surface area contributed by atoms with Crippen LogP contribution in [0, 0.1) is 0 Å². The van der Waals surface area contributed by atoms with Crippen LogP contribution >= 0.6 is 0 Å². The van der Waals surface area contributed by atoms with Crippen LogP contribution in [-0.2, 0) is 0 Å². The number of carbonyl (C=O) groups excluding carboxylic acids is 1. The molecule has 5 nitrogen and oxygen atoms in total. The second-order valence-electron chi connectivity index (χ2n) is 4.90. The van der Waals surface area contributed by atoms with Gasteiger partial charge in [0.1, 0.15) is 5.58 Å². The van der Waals surface area contributed by atoms with Gasteiger partial charge in [0.2, 0.25) is 0 Å². The molecule has 1 heterocycles. The van der Waals surface area contributed by atoms with Crippen molar-refractivity contribution in [2.45, 2.75) is 19.4 Å². The third-order valence-electron chi connectivity index (χ3n) is 2.61. The van der Waals surface area contributed by atoms with Gasteiger partial charge in [0.15, 0.2) is 5.76 Å². The summed E-state index contributed by atoms with van der Waals surface area (Å²) in [6, 6.07) is 6.81. The molecule has 0 spiro atoms. The zero-order chi connectivity index (χ0) is 13.3. The number of rotatable bonds is 3. The molecule has 0 unspecified atom stereocenters. The molecule has 0 bridgehead atoms. The van der Waals surface area contributed by atoms with E-state index in [1.165, 1.54) is 0 Å². The van der Waals surface area contributed by atoms with Crippen molar-refractivity contribution in [2.24, 2.45) is 0 Å². The standard InChI is InChI=1S/C13H16N2O3/c1-13(2,7-16)15-12(17)11-6-8-5-9(14)3-4-10(8)18-11/h3-6,16H,7,14H2,1-2H3,(H,15,17). The van der Waals surface area contributed by atoms with E-state index in [1.54, 1.807) is 38.1 Å². The van der Waals surface area contributed by atoms with Crippen molar-refractivity contribution in [3.05, 3.63) is 30.0 Å². The molecule has 0 aliphatic rings. The number of carbonyl (C=O) groups is 1. The predicted molar refractivity (Wildman–Crippen MR) is 69.3 cm³/mol. The van der Waals surface area contributed by atoms with Crippen LogP contribution < -0.4 is 11.1 Å². The number of hydrogen-bond acceptors (Lipinski definition) is 4. The highest BCUT2D eigenvalue weighted by atomic mass is 16.3. The molecule has 1 aromatic heterocycles. The van der Waals surface area contributed by atoms with Crippen molar-refractivity contribution in [3.8, 4) is 0 Å². The van der Waals surface area contributed by atoms with E-state index in [0.29, 0.717) is 11.3 Å². The molecule has 1 amide bonds. The molecule has 96 valence electrons. The topological polar surface area (TPSA) is 88.5 Å². The lowest BCUT2D eigenvalue weighted by atomic mass is 10.1. The third kappa shape index (κ3) is 2.46. The van der Waals surface area contributed by atoms with Gasteiger partial charge < -0.3 is 20.6 Å². The average molecular weight is 248 g/mol. The highest BCUT2D eigenvalue weighted by molar-refractivity contribution is 5.96. The van der Waals surface area contributed by atoms with Crippen LogP contribution in [0.4, 0.5) is 5.69 Å². The highest BCUT2D eigenvalue weighted by Gasteiger charge is 2.22. The van der Waals surface area contributed by atoms with Gasteiger partial charge in [0.25, 0.3) is 5.91 Å². The van der Waals surface area contributed by atoms with Crippen LogP contribution in [0.2, 0.25) is 0 Å². The minimum Gasteiger partial charge on any atom is -0.451 e. The van der Waals surface area contributed by atoms with Crippen molar-refractivity contribution in [1.29, 1.82) is 0 Å². The van der Waals surface area contributed by atoms with E-state index >= 15 is 0 Å². The summed E-state index contributed by atoms with van der Waals surface area (Å²) in [6.45, 7) is 3.31. The minimum absolute atomic E-state index is 0.147. The van der Waals surface area contributed by atoms with Gasteiger partial charge in [-0.15, -0.1) is 0 Å². The molecule has 18 heavy (non-hydrogen) atoms. The first-order chi connectivity index (χ1) is 8.41. The molecule has 0 saturated carbocycles. The normalized spacial score (nSPS) is 11.7. The Kier molecular flexibility index (Phi) is 3.00. The lowest BCUT2D eigenvalue weighted by Crippen LogP contribution is -2.46. The van der Waals surface area contributed by atoms with Crippen LogP contribution in [0.25, 0.3) is 11.0 Å². The van der Waals surface area contributed by atoms with Gasteiger partial charge in [0.05, 0.1) is 12.1 Å². The molecule has 0 atom stereocenters. The summed E-state index contributed by atoms with van der Waals surface area (Å²) >= 11 is 0. The number of benzene rings is 1. The highest BCUT2D eigenvalue weighted by Crippen LogP contribution is 2.22. The monoisotopic (exact) mass is 248 g/mol. The molecule has 0 saturated heterocycles. The number of amides is 1. The largest absolute Gasteiger partial charge is 0.451 e. The quantitative estimate of drug-likeness (QED) is 0.718. The molecular weight excluding hydrogens is 232 g/mol. The number of aliphatic hydroxyl groups excluding tert-OH is 1. The SMILES string of the molecule is CC(C)(CO)NC(=O)c1cc2cc(N)ccc2o1. The molecule has 0 fully saturated rings. The number of fused-ring (bicyclic) bond motifs is 1.